The van der Waals surface area contributed by atoms with E-state index in [1.165, 1.54) is 24.6 Å². The number of carbonyl (C=O) groups excluding carboxylic acids is 1. The molecule has 2 fully saturated rings. The summed E-state index contributed by atoms with van der Waals surface area (Å²) in [5.74, 6) is -0.474. The van der Waals surface area contributed by atoms with Crippen LogP contribution in [0, 0.1) is 10.1 Å². The number of amides is 1. The van der Waals surface area contributed by atoms with Crippen LogP contribution in [0.15, 0.2) is 18.2 Å². The van der Waals surface area contributed by atoms with Gasteiger partial charge < -0.3 is 15.8 Å². The molecule has 1 spiro atoms. The first kappa shape index (κ1) is 16.7. The molecule has 1 aromatic carbocycles. The van der Waals surface area contributed by atoms with Crippen molar-refractivity contribution < 1.29 is 14.5 Å². The van der Waals surface area contributed by atoms with Gasteiger partial charge in [-0.3, -0.25) is 14.9 Å². The minimum absolute atomic E-state index is 0.0384. The molecule has 1 aliphatic heterocycles. The van der Waals surface area contributed by atoms with Crippen LogP contribution in [-0.2, 0) is 4.74 Å². The summed E-state index contributed by atoms with van der Waals surface area (Å²) in [5, 5.41) is 14.1. The fourth-order valence-electron chi connectivity index (χ4n) is 3.91. The summed E-state index contributed by atoms with van der Waals surface area (Å²) in [6.07, 6.45) is 7.05. The molecule has 0 radical (unpaired) electrons. The summed E-state index contributed by atoms with van der Waals surface area (Å²) in [7, 11) is 0. The van der Waals surface area contributed by atoms with Gasteiger partial charge in [0.1, 0.15) is 5.56 Å². The smallest absolute Gasteiger partial charge is 0.284 e. The molecule has 24 heavy (non-hydrogen) atoms. The Morgan fingerprint density at radius 3 is 2.79 bits per heavy atom. The Bertz CT molecular complexity index is 635. The fraction of sp³-hybridized carbons (Fsp3) is 0.588. The van der Waals surface area contributed by atoms with Crippen LogP contribution < -0.4 is 11.1 Å². The second kappa shape index (κ2) is 6.76. The van der Waals surface area contributed by atoms with Crippen LogP contribution in [-0.4, -0.2) is 29.1 Å². The van der Waals surface area contributed by atoms with Crippen molar-refractivity contribution in [1.82, 2.24) is 5.32 Å². The molecule has 1 saturated carbocycles. The molecule has 1 aliphatic carbocycles. The number of ether oxygens (including phenoxy) is 1. The molecule has 7 heteroatoms. The van der Waals surface area contributed by atoms with E-state index < -0.39 is 10.8 Å². The van der Waals surface area contributed by atoms with Gasteiger partial charge in [-0.1, -0.05) is 25.3 Å². The molecular weight excluding hydrogens is 310 g/mol. The minimum atomic E-state index is -0.572. The van der Waals surface area contributed by atoms with Crippen LogP contribution in [0.5, 0.6) is 0 Å². The summed E-state index contributed by atoms with van der Waals surface area (Å²) in [6, 6.07) is 4.26. The highest BCUT2D eigenvalue weighted by Crippen LogP contribution is 2.38. The van der Waals surface area contributed by atoms with Crippen molar-refractivity contribution in [3.05, 3.63) is 33.9 Å². The highest BCUT2D eigenvalue weighted by atomic mass is 16.6. The van der Waals surface area contributed by atoms with Crippen molar-refractivity contribution >= 4 is 17.3 Å². The van der Waals surface area contributed by atoms with E-state index in [4.69, 9.17) is 10.5 Å². The van der Waals surface area contributed by atoms with Gasteiger partial charge in [0.25, 0.3) is 11.6 Å². The normalized spacial score (nSPS) is 22.9. The van der Waals surface area contributed by atoms with Crippen LogP contribution in [0.1, 0.15) is 55.3 Å². The summed E-state index contributed by atoms with van der Waals surface area (Å²) in [6.45, 7) is 0.608. The molecule has 1 unspecified atom stereocenters. The number of nitrogens with zero attached hydrogens (tertiary/aromatic N) is 1. The Kier molecular flexibility index (Phi) is 4.71. The lowest BCUT2D eigenvalue weighted by molar-refractivity contribution is -0.385. The van der Waals surface area contributed by atoms with Gasteiger partial charge in [0.15, 0.2) is 0 Å². The number of rotatable bonds is 3. The van der Waals surface area contributed by atoms with Gasteiger partial charge in [0.2, 0.25) is 0 Å². The van der Waals surface area contributed by atoms with E-state index in [0.717, 1.165) is 32.1 Å². The Labute approximate surface area is 140 Å². The molecule has 130 valence electrons. The number of nitrogen functional groups attached to an aromatic ring is 1. The van der Waals surface area contributed by atoms with Crippen LogP contribution in [0.4, 0.5) is 11.4 Å². The molecule has 0 bridgehead atoms. The van der Waals surface area contributed by atoms with E-state index >= 15 is 0 Å². The zero-order valence-corrected chi connectivity index (χ0v) is 13.6. The minimum Gasteiger partial charge on any atom is -0.398 e. The molecule has 1 aromatic rings. The molecule has 7 nitrogen and oxygen atoms in total. The highest BCUT2D eigenvalue weighted by Gasteiger charge is 2.39. The fourth-order valence-corrected chi connectivity index (χ4v) is 3.91. The van der Waals surface area contributed by atoms with Crippen molar-refractivity contribution in [2.45, 2.75) is 56.6 Å². The van der Waals surface area contributed by atoms with Gasteiger partial charge in [0.05, 0.1) is 16.2 Å². The SMILES string of the molecule is Nc1cccc([N+](=O)[O-])c1C(=O)NC1CCOC2(CCCCC2)C1. The first-order valence-electron chi connectivity index (χ1n) is 8.48. The zero-order chi connectivity index (χ0) is 17.2. The lowest BCUT2D eigenvalue weighted by Gasteiger charge is -2.43. The number of carbonyl (C=O) groups is 1. The van der Waals surface area contributed by atoms with Gasteiger partial charge in [-0.05, 0) is 31.7 Å². The topological polar surface area (TPSA) is 107 Å². The molecule has 1 amide bonds. The van der Waals surface area contributed by atoms with Crippen molar-refractivity contribution in [2.24, 2.45) is 0 Å². The Hall–Kier alpha value is -2.15. The van der Waals surface area contributed by atoms with Crippen LogP contribution in [0.3, 0.4) is 0 Å². The number of nitrogens with one attached hydrogen (secondary N) is 1. The molecule has 1 heterocycles. The van der Waals surface area contributed by atoms with Crippen molar-refractivity contribution in [2.75, 3.05) is 12.3 Å². The number of benzene rings is 1. The summed E-state index contributed by atoms with van der Waals surface area (Å²) < 4.78 is 6.03. The van der Waals surface area contributed by atoms with E-state index in [1.54, 1.807) is 0 Å². The quantitative estimate of drug-likeness (QED) is 0.502. The number of nitro benzene ring substituents is 1. The van der Waals surface area contributed by atoms with Gasteiger partial charge in [-0.2, -0.15) is 0 Å². The highest BCUT2D eigenvalue weighted by molar-refractivity contribution is 6.03. The molecule has 3 N–H and O–H groups in total. The van der Waals surface area contributed by atoms with Crippen molar-refractivity contribution in [1.29, 1.82) is 0 Å². The lowest BCUT2D eigenvalue weighted by atomic mass is 9.78. The largest absolute Gasteiger partial charge is 0.398 e. The van der Waals surface area contributed by atoms with Gasteiger partial charge in [-0.15, -0.1) is 0 Å². The van der Waals surface area contributed by atoms with Gasteiger partial charge in [-0.25, -0.2) is 0 Å². The third-order valence-corrected chi connectivity index (χ3v) is 5.09. The molecule has 1 atom stereocenters. The Morgan fingerprint density at radius 1 is 1.33 bits per heavy atom. The molecule has 0 aromatic heterocycles. The zero-order valence-electron chi connectivity index (χ0n) is 13.6. The number of hydrogen-bond donors (Lipinski definition) is 2. The summed E-state index contributed by atoms with van der Waals surface area (Å²) in [5.41, 5.74) is 5.49. The number of nitrogens with two attached hydrogens (primary N) is 1. The maximum Gasteiger partial charge on any atom is 0.284 e. The van der Waals surface area contributed by atoms with Crippen LogP contribution in [0.25, 0.3) is 0 Å². The van der Waals surface area contributed by atoms with E-state index in [9.17, 15) is 14.9 Å². The second-order valence-corrected chi connectivity index (χ2v) is 6.75. The van der Waals surface area contributed by atoms with Crippen molar-refractivity contribution in [3.63, 3.8) is 0 Å². The standard InChI is InChI=1S/C17H23N3O4/c18-13-5-4-6-14(20(22)23)15(13)16(21)19-12-7-10-24-17(11-12)8-2-1-3-9-17/h4-6,12H,1-3,7-11,18H2,(H,19,21). The summed E-state index contributed by atoms with van der Waals surface area (Å²) in [4.78, 5) is 23.2. The van der Waals surface area contributed by atoms with E-state index in [-0.39, 0.29) is 28.6 Å². The average Bonchev–Trinajstić information content (AvgIpc) is 2.55. The first-order valence-corrected chi connectivity index (χ1v) is 8.48. The molecule has 3 rings (SSSR count). The number of hydrogen-bond acceptors (Lipinski definition) is 5. The first-order chi connectivity index (χ1) is 11.5. The Balaban J connectivity index is 1.74. The Morgan fingerprint density at radius 2 is 2.08 bits per heavy atom. The van der Waals surface area contributed by atoms with Gasteiger partial charge >= 0.3 is 0 Å². The predicted octanol–water partition coefficient (Wildman–Crippen LogP) is 2.79. The average molecular weight is 333 g/mol. The lowest BCUT2D eigenvalue weighted by Crippen LogP contribution is -2.49. The maximum atomic E-state index is 12.6. The second-order valence-electron chi connectivity index (χ2n) is 6.75. The van der Waals surface area contributed by atoms with E-state index in [0.29, 0.717) is 13.0 Å². The third-order valence-electron chi connectivity index (χ3n) is 5.09. The molecule has 2 aliphatic rings. The number of anilines is 1. The molecule has 1 saturated heterocycles. The molecular formula is C17H23N3O4. The van der Waals surface area contributed by atoms with E-state index in [1.807, 2.05) is 0 Å². The van der Waals surface area contributed by atoms with Crippen LogP contribution in [0.2, 0.25) is 0 Å². The summed E-state index contributed by atoms with van der Waals surface area (Å²) >= 11 is 0. The third kappa shape index (κ3) is 3.36. The monoisotopic (exact) mass is 333 g/mol. The number of nitro groups is 1. The maximum absolute atomic E-state index is 12.6. The predicted molar refractivity (Wildman–Crippen MR) is 89.8 cm³/mol. The van der Waals surface area contributed by atoms with Crippen LogP contribution >= 0.6 is 0 Å². The van der Waals surface area contributed by atoms with Gasteiger partial charge in [0, 0.05) is 18.7 Å². The van der Waals surface area contributed by atoms with Crippen molar-refractivity contribution in [3.8, 4) is 0 Å². The van der Waals surface area contributed by atoms with E-state index in [2.05, 4.69) is 5.32 Å².